The van der Waals surface area contributed by atoms with Gasteiger partial charge in [-0.2, -0.15) is 0 Å². The Morgan fingerprint density at radius 2 is 1.95 bits per heavy atom. The Balaban J connectivity index is 1.94. The van der Waals surface area contributed by atoms with Crippen molar-refractivity contribution in [2.24, 2.45) is 0 Å². The van der Waals surface area contributed by atoms with Crippen molar-refractivity contribution in [2.45, 2.75) is 13.8 Å². The van der Waals surface area contributed by atoms with E-state index in [2.05, 4.69) is 4.98 Å². The van der Waals surface area contributed by atoms with Gasteiger partial charge in [0.15, 0.2) is 5.78 Å². The molecule has 2 N–H and O–H groups in total. The standard InChI is InChI=1S/C19H17NO2/c1-12-9-13(2)19(22)16(10-12)18(21)8-7-14-11-20-17-6-4-3-5-15(14)17/h3-11,20,22H,1-2H3/b8-7+. The highest BCUT2D eigenvalue weighted by molar-refractivity contribution is 6.09. The van der Waals surface area contributed by atoms with Crippen LogP contribution in [-0.2, 0) is 0 Å². The highest BCUT2D eigenvalue weighted by Gasteiger charge is 2.11. The third-order valence-electron chi connectivity index (χ3n) is 3.75. The van der Waals surface area contributed by atoms with Gasteiger partial charge in [-0.25, -0.2) is 0 Å². The summed E-state index contributed by atoms with van der Waals surface area (Å²) in [5, 5.41) is 11.1. The van der Waals surface area contributed by atoms with Crippen molar-refractivity contribution in [1.29, 1.82) is 0 Å². The Kier molecular flexibility index (Phi) is 3.55. The number of para-hydroxylation sites is 1. The van der Waals surface area contributed by atoms with Crippen molar-refractivity contribution in [3.8, 4) is 5.75 Å². The molecule has 0 spiro atoms. The normalized spacial score (nSPS) is 11.4. The first-order valence-electron chi connectivity index (χ1n) is 7.15. The highest BCUT2D eigenvalue weighted by atomic mass is 16.3. The molecule has 0 unspecified atom stereocenters. The van der Waals surface area contributed by atoms with Crippen molar-refractivity contribution < 1.29 is 9.90 Å². The Morgan fingerprint density at radius 1 is 1.18 bits per heavy atom. The highest BCUT2D eigenvalue weighted by Crippen LogP contribution is 2.25. The van der Waals surface area contributed by atoms with E-state index in [1.807, 2.05) is 43.5 Å². The molecular weight excluding hydrogens is 274 g/mol. The van der Waals surface area contributed by atoms with Crippen LogP contribution in [0.5, 0.6) is 5.75 Å². The zero-order valence-electron chi connectivity index (χ0n) is 12.6. The number of allylic oxidation sites excluding steroid dienone is 1. The van der Waals surface area contributed by atoms with Crippen molar-refractivity contribution in [1.82, 2.24) is 4.98 Å². The van der Waals surface area contributed by atoms with Crippen LogP contribution < -0.4 is 0 Å². The summed E-state index contributed by atoms with van der Waals surface area (Å²) in [6, 6.07) is 11.5. The molecule has 2 aromatic carbocycles. The number of carbonyl (C=O) groups excluding carboxylic acids is 1. The average Bonchev–Trinajstić information content (AvgIpc) is 2.91. The fraction of sp³-hybridized carbons (Fsp3) is 0.105. The molecule has 0 bridgehead atoms. The summed E-state index contributed by atoms with van der Waals surface area (Å²) >= 11 is 0. The number of ketones is 1. The number of fused-ring (bicyclic) bond motifs is 1. The second kappa shape index (κ2) is 5.53. The van der Waals surface area contributed by atoms with Crippen LogP contribution in [0, 0.1) is 13.8 Å². The zero-order chi connectivity index (χ0) is 15.7. The topological polar surface area (TPSA) is 53.1 Å². The fourth-order valence-electron chi connectivity index (χ4n) is 2.63. The predicted molar refractivity (Wildman–Crippen MR) is 89.2 cm³/mol. The van der Waals surface area contributed by atoms with Gasteiger partial charge in [-0.3, -0.25) is 4.79 Å². The van der Waals surface area contributed by atoms with Gasteiger partial charge < -0.3 is 10.1 Å². The summed E-state index contributed by atoms with van der Waals surface area (Å²) in [7, 11) is 0. The van der Waals surface area contributed by atoms with E-state index in [9.17, 15) is 9.90 Å². The number of aryl methyl sites for hydroxylation is 2. The number of aromatic amines is 1. The summed E-state index contributed by atoms with van der Waals surface area (Å²) in [5.41, 5.74) is 3.99. The number of aromatic nitrogens is 1. The Hall–Kier alpha value is -2.81. The molecule has 22 heavy (non-hydrogen) atoms. The monoisotopic (exact) mass is 291 g/mol. The second-order valence-electron chi connectivity index (χ2n) is 5.47. The number of phenols is 1. The zero-order valence-corrected chi connectivity index (χ0v) is 12.6. The Bertz CT molecular complexity index is 888. The van der Waals surface area contributed by atoms with Gasteiger partial charge in [0.2, 0.25) is 0 Å². The van der Waals surface area contributed by atoms with Gasteiger partial charge in [0.25, 0.3) is 0 Å². The summed E-state index contributed by atoms with van der Waals surface area (Å²) in [4.78, 5) is 15.5. The number of phenolic OH excluding ortho intramolecular Hbond substituents is 1. The third kappa shape index (κ3) is 2.53. The maximum Gasteiger partial charge on any atom is 0.189 e. The lowest BCUT2D eigenvalue weighted by Crippen LogP contribution is -1.97. The number of benzene rings is 2. The Labute approximate surface area is 128 Å². The quantitative estimate of drug-likeness (QED) is 0.555. The lowest BCUT2D eigenvalue weighted by molar-refractivity contribution is 0.104. The summed E-state index contributed by atoms with van der Waals surface area (Å²) < 4.78 is 0. The van der Waals surface area contributed by atoms with Gasteiger partial charge in [0, 0.05) is 17.1 Å². The van der Waals surface area contributed by atoms with Gasteiger partial charge in [-0.1, -0.05) is 24.3 Å². The molecule has 0 amide bonds. The van der Waals surface area contributed by atoms with Gasteiger partial charge >= 0.3 is 0 Å². The lowest BCUT2D eigenvalue weighted by atomic mass is 10.0. The van der Waals surface area contributed by atoms with E-state index in [1.165, 1.54) is 6.08 Å². The van der Waals surface area contributed by atoms with E-state index in [-0.39, 0.29) is 11.5 Å². The summed E-state index contributed by atoms with van der Waals surface area (Å²) in [5.74, 6) is -0.145. The minimum atomic E-state index is -0.199. The van der Waals surface area contributed by atoms with Crippen LogP contribution >= 0.6 is 0 Å². The molecule has 0 saturated heterocycles. The molecule has 0 aliphatic carbocycles. The molecule has 0 atom stereocenters. The number of aromatic hydroxyl groups is 1. The first kappa shape index (κ1) is 14.1. The molecule has 1 heterocycles. The minimum absolute atomic E-state index is 0.0548. The molecule has 0 radical (unpaired) electrons. The minimum Gasteiger partial charge on any atom is -0.507 e. The van der Waals surface area contributed by atoms with Crippen molar-refractivity contribution in [3.63, 3.8) is 0 Å². The van der Waals surface area contributed by atoms with E-state index < -0.39 is 0 Å². The molecule has 1 aromatic heterocycles. The third-order valence-corrected chi connectivity index (χ3v) is 3.75. The molecule has 0 aliphatic heterocycles. The molecule has 110 valence electrons. The van der Waals surface area contributed by atoms with Crippen LogP contribution in [0.4, 0.5) is 0 Å². The van der Waals surface area contributed by atoms with Gasteiger partial charge in [0.05, 0.1) is 5.56 Å². The summed E-state index contributed by atoms with van der Waals surface area (Å²) in [6.07, 6.45) is 5.15. The predicted octanol–water partition coefficient (Wildman–Crippen LogP) is 4.39. The van der Waals surface area contributed by atoms with Crippen molar-refractivity contribution in [2.75, 3.05) is 0 Å². The number of nitrogens with one attached hydrogen (secondary N) is 1. The van der Waals surface area contributed by atoms with Crippen LogP contribution in [0.25, 0.3) is 17.0 Å². The molecule has 3 aromatic rings. The molecule has 0 fully saturated rings. The first-order valence-corrected chi connectivity index (χ1v) is 7.15. The number of H-pyrrole nitrogens is 1. The van der Waals surface area contributed by atoms with Crippen LogP contribution in [-0.4, -0.2) is 15.9 Å². The van der Waals surface area contributed by atoms with Gasteiger partial charge in [-0.15, -0.1) is 0 Å². The average molecular weight is 291 g/mol. The largest absolute Gasteiger partial charge is 0.507 e. The van der Waals surface area contributed by atoms with E-state index in [0.29, 0.717) is 11.1 Å². The molecule has 0 saturated carbocycles. The fourth-order valence-corrected chi connectivity index (χ4v) is 2.63. The number of hydrogen-bond acceptors (Lipinski definition) is 2. The van der Waals surface area contributed by atoms with Crippen LogP contribution in [0.2, 0.25) is 0 Å². The molecule has 3 nitrogen and oxygen atoms in total. The van der Waals surface area contributed by atoms with Crippen LogP contribution in [0.3, 0.4) is 0 Å². The second-order valence-corrected chi connectivity index (χ2v) is 5.47. The maximum atomic E-state index is 12.3. The maximum absolute atomic E-state index is 12.3. The number of hydrogen-bond donors (Lipinski definition) is 2. The van der Waals surface area contributed by atoms with E-state index >= 15 is 0 Å². The van der Waals surface area contributed by atoms with Gasteiger partial charge in [0.1, 0.15) is 5.75 Å². The van der Waals surface area contributed by atoms with Crippen LogP contribution in [0.1, 0.15) is 27.0 Å². The van der Waals surface area contributed by atoms with E-state index in [4.69, 9.17) is 0 Å². The van der Waals surface area contributed by atoms with Gasteiger partial charge in [-0.05, 0) is 54.8 Å². The lowest BCUT2D eigenvalue weighted by Gasteiger charge is -2.06. The number of rotatable bonds is 3. The van der Waals surface area contributed by atoms with Crippen LogP contribution in [0.15, 0.2) is 48.7 Å². The van der Waals surface area contributed by atoms with Crippen molar-refractivity contribution in [3.05, 3.63) is 70.9 Å². The molecule has 0 aliphatic rings. The Morgan fingerprint density at radius 3 is 2.77 bits per heavy atom. The SMILES string of the molecule is Cc1cc(C)c(O)c(C(=O)/C=C/c2c[nH]c3ccccc23)c1. The molecule has 3 heteroatoms. The molecular formula is C19H17NO2. The van der Waals surface area contributed by atoms with Crippen molar-refractivity contribution >= 4 is 22.8 Å². The smallest absolute Gasteiger partial charge is 0.189 e. The first-order chi connectivity index (χ1) is 10.6. The summed E-state index contributed by atoms with van der Waals surface area (Å²) in [6.45, 7) is 3.70. The number of carbonyl (C=O) groups is 1. The van der Waals surface area contributed by atoms with E-state index in [0.717, 1.165) is 22.0 Å². The molecule has 3 rings (SSSR count). The van der Waals surface area contributed by atoms with E-state index in [1.54, 1.807) is 19.1 Å².